The summed E-state index contributed by atoms with van der Waals surface area (Å²) in [5.41, 5.74) is -0.0856. The van der Waals surface area contributed by atoms with Crippen LogP contribution in [0.5, 0.6) is 0 Å². The second-order valence-electron chi connectivity index (χ2n) is 6.17. The summed E-state index contributed by atoms with van der Waals surface area (Å²) in [6, 6.07) is 0. The predicted molar refractivity (Wildman–Crippen MR) is 66.7 cm³/mol. The number of nitrogens with one attached hydrogen (secondary N) is 1. The third-order valence-electron chi connectivity index (χ3n) is 4.03. The van der Waals surface area contributed by atoms with Crippen LogP contribution in [0.25, 0.3) is 0 Å². The van der Waals surface area contributed by atoms with Crippen molar-refractivity contribution in [3.8, 4) is 0 Å². The number of nitrogens with zero attached hydrogens (tertiary/aromatic N) is 1. The fraction of sp³-hybridized carbons (Fsp3) is 0.923. The molecule has 2 aliphatic rings. The highest BCUT2D eigenvalue weighted by molar-refractivity contribution is 5.83. The molecule has 0 amide bonds. The summed E-state index contributed by atoms with van der Waals surface area (Å²) in [4.78, 5) is 4.37. The van der Waals surface area contributed by atoms with Gasteiger partial charge in [0.2, 0.25) is 0 Å². The third kappa shape index (κ3) is 2.97. The topological polar surface area (TPSA) is 44.6 Å². The fourth-order valence-electron chi connectivity index (χ4n) is 2.52. The molecule has 3 heteroatoms. The second-order valence-corrected chi connectivity index (χ2v) is 6.17. The Morgan fingerprint density at radius 3 is 2.50 bits per heavy atom. The van der Waals surface area contributed by atoms with Crippen molar-refractivity contribution in [2.75, 3.05) is 13.1 Å². The SMILES string of the molecule is CC1(C)CCC(O)(CNC2=NCCC2)CC1. The number of hydrogen-bond donors (Lipinski definition) is 2. The van der Waals surface area contributed by atoms with E-state index >= 15 is 0 Å². The Balaban J connectivity index is 1.80. The Hall–Kier alpha value is -0.570. The minimum absolute atomic E-state index is 0.414. The van der Waals surface area contributed by atoms with Crippen molar-refractivity contribution in [2.24, 2.45) is 10.4 Å². The Morgan fingerprint density at radius 2 is 1.94 bits per heavy atom. The van der Waals surface area contributed by atoms with Gasteiger partial charge >= 0.3 is 0 Å². The molecule has 0 saturated heterocycles. The van der Waals surface area contributed by atoms with Gasteiger partial charge in [0.25, 0.3) is 0 Å². The zero-order valence-corrected chi connectivity index (χ0v) is 10.6. The van der Waals surface area contributed by atoms with Crippen LogP contribution >= 0.6 is 0 Å². The fourth-order valence-corrected chi connectivity index (χ4v) is 2.52. The molecule has 0 radical (unpaired) electrons. The summed E-state index contributed by atoms with van der Waals surface area (Å²) in [5.74, 6) is 1.10. The lowest BCUT2D eigenvalue weighted by Gasteiger charge is -2.40. The van der Waals surface area contributed by atoms with Gasteiger partial charge in [-0.1, -0.05) is 13.8 Å². The van der Waals surface area contributed by atoms with Gasteiger partial charge in [-0.25, -0.2) is 0 Å². The van der Waals surface area contributed by atoms with E-state index in [4.69, 9.17) is 0 Å². The Labute approximate surface area is 98.3 Å². The molecule has 1 saturated carbocycles. The average molecular weight is 224 g/mol. The zero-order chi connectivity index (χ0) is 11.6. The highest BCUT2D eigenvalue weighted by Gasteiger charge is 2.36. The molecule has 0 aromatic heterocycles. The van der Waals surface area contributed by atoms with E-state index in [2.05, 4.69) is 24.2 Å². The van der Waals surface area contributed by atoms with Crippen molar-refractivity contribution in [3.63, 3.8) is 0 Å². The highest BCUT2D eigenvalue weighted by Crippen LogP contribution is 2.39. The van der Waals surface area contributed by atoms with E-state index in [0.29, 0.717) is 12.0 Å². The first-order valence-corrected chi connectivity index (χ1v) is 6.49. The lowest BCUT2D eigenvalue weighted by molar-refractivity contribution is -0.0212. The quantitative estimate of drug-likeness (QED) is 0.754. The van der Waals surface area contributed by atoms with Gasteiger partial charge in [0, 0.05) is 19.5 Å². The normalized spacial score (nSPS) is 27.6. The van der Waals surface area contributed by atoms with Gasteiger partial charge in [-0.05, 0) is 37.5 Å². The molecule has 0 aromatic carbocycles. The predicted octanol–water partition coefficient (Wildman–Crippen LogP) is 2.10. The number of amidine groups is 1. The molecular formula is C13H24N2O. The van der Waals surface area contributed by atoms with Crippen LogP contribution in [-0.4, -0.2) is 29.6 Å². The molecule has 0 spiro atoms. The summed E-state index contributed by atoms with van der Waals surface area (Å²) < 4.78 is 0. The summed E-state index contributed by atoms with van der Waals surface area (Å²) >= 11 is 0. The molecule has 1 heterocycles. The van der Waals surface area contributed by atoms with Crippen LogP contribution in [0.2, 0.25) is 0 Å². The lowest BCUT2D eigenvalue weighted by Crippen LogP contribution is -2.46. The summed E-state index contributed by atoms with van der Waals surface area (Å²) in [6.45, 7) is 6.22. The van der Waals surface area contributed by atoms with Crippen LogP contribution < -0.4 is 5.32 Å². The number of rotatable bonds is 2. The summed E-state index contributed by atoms with van der Waals surface area (Å²) in [7, 11) is 0. The van der Waals surface area contributed by atoms with Crippen molar-refractivity contribution >= 4 is 5.84 Å². The average Bonchev–Trinajstić information content (AvgIpc) is 2.74. The van der Waals surface area contributed by atoms with E-state index in [1.807, 2.05) is 0 Å². The molecular weight excluding hydrogens is 200 g/mol. The molecule has 0 atom stereocenters. The monoisotopic (exact) mass is 224 g/mol. The molecule has 1 aliphatic heterocycles. The Morgan fingerprint density at radius 1 is 1.25 bits per heavy atom. The maximum absolute atomic E-state index is 10.4. The van der Waals surface area contributed by atoms with Gasteiger partial charge in [0.1, 0.15) is 0 Å². The first-order valence-electron chi connectivity index (χ1n) is 6.49. The molecule has 3 nitrogen and oxygen atoms in total. The lowest BCUT2D eigenvalue weighted by atomic mass is 9.71. The molecule has 2 N–H and O–H groups in total. The van der Waals surface area contributed by atoms with Gasteiger partial charge in [0.05, 0.1) is 11.4 Å². The van der Waals surface area contributed by atoms with Gasteiger partial charge in [-0.3, -0.25) is 4.99 Å². The number of hydrogen-bond acceptors (Lipinski definition) is 3. The molecule has 0 aromatic rings. The first kappa shape index (κ1) is 11.9. The molecule has 0 unspecified atom stereocenters. The largest absolute Gasteiger partial charge is 0.388 e. The van der Waals surface area contributed by atoms with E-state index in [-0.39, 0.29) is 0 Å². The van der Waals surface area contributed by atoms with Crippen LogP contribution in [0.15, 0.2) is 4.99 Å². The maximum Gasteiger partial charge on any atom is 0.0964 e. The number of aliphatic imine (C=N–C) groups is 1. The van der Waals surface area contributed by atoms with Gasteiger partial charge in [-0.2, -0.15) is 0 Å². The minimum Gasteiger partial charge on any atom is -0.388 e. The van der Waals surface area contributed by atoms with E-state index in [0.717, 1.165) is 50.9 Å². The summed E-state index contributed by atoms with van der Waals surface area (Å²) in [6.07, 6.45) is 6.30. The second kappa shape index (κ2) is 4.36. The summed E-state index contributed by atoms with van der Waals surface area (Å²) in [5, 5.41) is 13.8. The molecule has 92 valence electrons. The van der Waals surface area contributed by atoms with Gasteiger partial charge < -0.3 is 10.4 Å². The van der Waals surface area contributed by atoms with E-state index in [9.17, 15) is 5.11 Å². The maximum atomic E-state index is 10.4. The van der Waals surface area contributed by atoms with Crippen LogP contribution in [0, 0.1) is 5.41 Å². The molecule has 1 aliphatic carbocycles. The molecule has 2 rings (SSSR count). The smallest absolute Gasteiger partial charge is 0.0964 e. The van der Waals surface area contributed by atoms with E-state index in [1.54, 1.807) is 0 Å². The van der Waals surface area contributed by atoms with E-state index < -0.39 is 5.60 Å². The molecule has 0 bridgehead atoms. The van der Waals surface area contributed by atoms with Crippen LogP contribution in [0.4, 0.5) is 0 Å². The minimum atomic E-state index is -0.499. The van der Waals surface area contributed by atoms with Crippen molar-refractivity contribution < 1.29 is 5.11 Å². The van der Waals surface area contributed by atoms with Crippen LogP contribution in [0.1, 0.15) is 52.4 Å². The zero-order valence-electron chi connectivity index (χ0n) is 10.6. The van der Waals surface area contributed by atoms with Crippen molar-refractivity contribution in [3.05, 3.63) is 0 Å². The van der Waals surface area contributed by atoms with Crippen LogP contribution in [0.3, 0.4) is 0 Å². The highest BCUT2D eigenvalue weighted by atomic mass is 16.3. The first-order chi connectivity index (χ1) is 7.49. The molecule has 16 heavy (non-hydrogen) atoms. The van der Waals surface area contributed by atoms with Gasteiger partial charge in [-0.15, -0.1) is 0 Å². The Kier molecular flexibility index (Phi) is 3.24. The molecule has 1 fully saturated rings. The van der Waals surface area contributed by atoms with E-state index in [1.165, 1.54) is 0 Å². The van der Waals surface area contributed by atoms with Crippen molar-refractivity contribution in [1.82, 2.24) is 5.32 Å². The Bertz CT molecular complexity index is 274. The number of aliphatic hydroxyl groups is 1. The van der Waals surface area contributed by atoms with Crippen molar-refractivity contribution in [2.45, 2.75) is 58.0 Å². The third-order valence-corrected chi connectivity index (χ3v) is 4.03. The van der Waals surface area contributed by atoms with Crippen molar-refractivity contribution in [1.29, 1.82) is 0 Å². The van der Waals surface area contributed by atoms with Gasteiger partial charge in [0.15, 0.2) is 0 Å². The van der Waals surface area contributed by atoms with Crippen LogP contribution in [-0.2, 0) is 0 Å². The standard InChI is InChI=1S/C13H24N2O/c1-12(2)5-7-13(16,8-6-12)10-15-11-4-3-9-14-11/h16H,3-10H2,1-2H3,(H,14,15).